The van der Waals surface area contributed by atoms with Crippen molar-refractivity contribution < 1.29 is 0 Å². The Morgan fingerprint density at radius 3 is 2.79 bits per heavy atom. The molecule has 0 unspecified atom stereocenters. The van der Waals surface area contributed by atoms with Crippen LogP contribution in [0.2, 0.25) is 5.15 Å². The van der Waals surface area contributed by atoms with Crippen molar-refractivity contribution in [2.45, 2.75) is 0 Å². The van der Waals surface area contributed by atoms with E-state index < -0.39 is 0 Å². The number of nitrogens with zero attached hydrogens (tertiary/aromatic N) is 4. The second kappa shape index (κ2) is 3.48. The van der Waals surface area contributed by atoms with Crippen LogP contribution in [-0.4, -0.2) is 14.8 Å². The fraction of sp³-hybridized carbons (Fsp3) is 0. The summed E-state index contributed by atoms with van der Waals surface area (Å²) >= 11 is 5.60. The SMILES string of the molecule is N#Cc1cccn1-c1ccc(Cl)nn1. The Bertz CT molecular complexity index is 480. The third kappa shape index (κ3) is 1.45. The van der Waals surface area contributed by atoms with Crippen LogP contribution in [-0.2, 0) is 0 Å². The highest BCUT2D eigenvalue weighted by Gasteiger charge is 2.03. The van der Waals surface area contributed by atoms with E-state index in [0.29, 0.717) is 16.7 Å². The molecule has 0 radical (unpaired) electrons. The van der Waals surface area contributed by atoms with Crippen LogP contribution in [0, 0.1) is 11.3 Å². The second-order valence-corrected chi connectivity index (χ2v) is 2.98. The number of hydrogen-bond acceptors (Lipinski definition) is 3. The van der Waals surface area contributed by atoms with E-state index in [9.17, 15) is 0 Å². The Balaban J connectivity index is 2.50. The number of hydrogen-bond donors (Lipinski definition) is 0. The van der Waals surface area contributed by atoms with Crippen molar-refractivity contribution in [2.75, 3.05) is 0 Å². The molecule has 0 fully saturated rings. The Hall–Kier alpha value is -1.86. The van der Waals surface area contributed by atoms with Crippen LogP contribution in [0.15, 0.2) is 30.5 Å². The quantitative estimate of drug-likeness (QED) is 0.712. The Kier molecular flexibility index (Phi) is 2.17. The van der Waals surface area contributed by atoms with Gasteiger partial charge in [0.05, 0.1) is 0 Å². The van der Waals surface area contributed by atoms with E-state index in [-0.39, 0.29) is 0 Å². The van der Waals surface area contributed by atoms with Crippen molar-refractivity contribution in [3.8, 4) is 11.9 Å². The fourth-order valence-electron chi connectivity index (χ4n) is 1.11. The molecular weight excluding hydrogens is 200 g/mol. The monoisotopic (exact) mass is 204 g/mol. The summed E-state index contributed by atoms with van der Waals surface area (Å²) in [4.78, 5) is 0. The summed E-state index contributed by atoms with van der Waals surface area (Å²) in [6.07, 6.45) is 1.75. The molecule has 0 atom stereocenters. The summed E-state index contributed by atoms with van der Waals surface area (Å²) in [6.45, 7) is 0. The van der Waals surface area contributed by atoms with Crippen molar-refractivity contribution in [1.29, 1.82) is 5.26 Å². The summed E-state index contributed by atoms with van der Waals surface area (Å²) in [5, 5.41) is 16.7. The topological polar surface area (TPSA) is 54.5 Å². The smallest absolute Gasteiger partial charge is 0.160 e. The fourth-order valence-corrected chi connectivity index (χ4v) is 1.21. The number of aromatic nitrogens is 3. The molecule has 68 valence electrons. The molecule has 2 aromatic heterocycles. The Morgan fingerprint density at radius 2 is 2.14 bits per heavy atom. The lowest BCUT2D eigenvalue weighted by atomic mass is 10.4. The zero-order valence-corrected chi connectivity index (χ0v) is 7.81. The van der Waals surface area contributed by atoms with Gasteiger partial charge in [-0.3, -0.25) is 4.57 Å². The normalized spacial score (nSPS) is 9.71. The Morgan fingerprint density at radius 1 is 1.29 bits per heavy atom. The highest BCUT2D eigenvalue weighted by Crippen LogP contribution is 2.10. The molecule has 0 aliphatic heterocycles. The molecule has 0 aromatic carbocycles. The van der Waals surface area contributed by atoms with Crippen LogP contribution in [0.25, 0.3) is 5.82 Å². The van der Waals surface area contributed by atoms with Crippen LogP contribution < -0.4 is 0 Å². The summed E-state index contributed by atoms with van der Waals surface area (Å²) in [7, 11) is 0. The maximum Gasteiger partial charge on any atom is 0.160 e. The molecule has 2 rings (SSSR count). The van der Waals surface area contributed by atoms with Crippen molar-refractivity contribution in [1.82, 2.24) is 14.8 Å². The van der Waals surface area contributed by atoms with Crippen molar-refractivity contribution >= 4 is 11.6 Å². The van der Waals surface area contributed by atoms with E-state index in [1.54, 1.807) is 35.0 Å². The first kappa shape index (κ1) is 8.73. The molecule has 2 heterocycles. The summed E-state index contributed by atoms with van der Waals surface area (Å²) in [5.74, 6) is 0.580. The molecule has 2 aromatic rings. The minimum absolute atomic E-state index is 0.333. The molecule has 0 spiro atoms. The summed E-state index contributed by atoms with van der Waals surface area (Å²) < 4.78 is 1.64. The summed E-state index contributed by atoms with van der Waals surface area (Å²) in [6, 6.07) is 8.86. The third-order valence-electron chi connectivity index (χ3n) is 1.73. The van der Waals surface area contributed by atoms with E-state index in [4.69, 9.17) is 16.9 Å². The van der Waals surface area contributed by atoms with Gasteiger partial charge in [-0.1, -0.05) is 11.6 Å². The predicted molar refractivity (Wildman–Crippen MR) is 51.1 cm³/mol. The lowest BCUT2D eigenvalue weighted by Gasteiger charge is -2.01. The van der Waals surface area contributed by atoms with Gasteiger partial charge in [-0.25, -0.2) is 0 Å². The van der Waals surface area contributed by atoms with Gasteiger partial charge in [-0.05, 0) is 24.3 Å². The average molecular weight is 205 g/mol. The van der Waals surface area contributed by atoms with Crippen LogP contribution in [0.3, 0.4) is 0 Å². The van der Waals surface area contributed by atoms with E-state index >= 15 is 0 Å². The molecule has 0 N–H and O–H groups in total. The molecule has 5 heteroatoms. The lowest BCUT2D eigenvalue weighted by Crippen LogP contribution is -1.99. The van der Waals surface area contributed by atoms with Gasteiger partial charge in [-0.2, -0.15) is 5.26 Å². The van der Waals surface area contributed by atoms with Crippen molar-refractivity contribution in [2.24, 2.45) is 0 Å². The minimum atomic E-state index is 0.333. The first-order chi connectivity index (χ1) is 6.81. The average Bonchev–Trinajstić information content (AvgIpc) is 2.67. The minimum Gasteiger partial charge on any atom is -0.291 e. The zero-order valence-electron chi connectivity index (χ0n) is 7.05. The standard InChI is InChI=1S/C9H5ClN4/c10-8-3-4-9(13-12-8)14-5-1-2-7(14)6-11/h1-5H. The molecule has 0 aliphatic rings. The molecule has 0 saturated carbocycles. The largest absolute Gasteiger partial charge is 0.291 e. The molecule has 14 heavy (non-hydrogen) atoms. The maximum atomic E-state index is 8.78. The second-order valence-electron chi connectivity index (χ2n) is 2.59. The molecular formula is C9H5ClN4. The van der Waals surface area contributed by atoms with E-state index in [2.05, 4.69) is 16.3 Å². The van der Waals surface area contributed by atoms with E-state index in [1.807, 2.05) is 0 Å². The molecule has 4 nitrogen and oxygen atoms in total. The van der Waals surface area contributed by atoms with Gasteiger partial charge in [0.15, 0.2) is 11.0 Å². The van der Waals surface area contributed by atoms with E-state index in [1.165, 1.54) is 0 Å². The number of nitriles is 1. The lowest BCUT2D eigenvalue weighted by molar-refractivity contribution is 0.910. The van der Waals surface area contributed by atoms with Gasteiger partial charge in [0, 0.05) is 6.20 Å². The first-order valence-corrected chi connectivity index (χ1v) is 4.26. The van der Waals surface area contributed by atoms with Gasteiger partial charge in [-0.15, -0.1) is 10.2 Å². The van der Waals surface area contributed by atoms with Crippen LogP contribution >= 0.6 is 11.6 Å². The molecule has 0 bridgehead atoms. The van der Waals surface area contributed by atoms with Crippen molar-refractivity contribution in [3.63, 3.8) is 0 Å². The maximum absolute atomic E-state index is 8.78. The predicted octanol–water partition coefficient (Wildman–Crippen LogP) is 1.79. The number of rotatable bonds is 1. The third-order valence-corrected chi connectivity index (χ3v) is 1.93. The van der Waals surface area contributed by atoms with Gasteiger partial charge < -0.3 is 0 Å². The molecule has 0 amide bonds. The Labute approximate surface area is 85.4 Å². The van der Waals surface area contributed by atoms with Crippen LogP contribution in [0.4, 0.5) is 0 Å². The van der Waals surface area contributed by atoms with Crippen LogP contribution in [0.5, 0.6) is 0 Å². The van der Waals surface area contributed by atoms with Gasteiger partial charge in [0.1, 0.15) is 11.8 Å². The van der Waals surface area contributed by atoms with Gasteiger partial charge in [0.2, 0.25) is 0 Å². The van der Waals surface area contributed by atoms with E-state index in [0.717, 1.165) is 0 Å². The van der Waals surface area contributed by atoms with Gasteiger partial charge >= 0.3 is 0 Å². The van der Waals surface area contributed by atoms with Crippen molar-refractivity contribution in [3.05, 3.63) is 41.3 Å². The molecule has 0 aliphatic carbocycles. The van der Waals surface area contributed by atoms with Crippen LogP contribution in [0.1, 0.15) is 5.69 Å². The zero-order chi connectivity index (χ0) is 9.97. The molecule has 0 saturated heterocycles. The highest BCUT2D eigenvalue weighted by molar-refractivity contribution is 6.29. The number of halogens is 1. The highest BCUT2D eigenvalue weighted by atomic mass is 35.5. The van der Waals surface area contributed by atoms with Gasteiger partial charge in [0.25, 0.3) is 0 Å². The summed E-state index contributed by atoms with van der Waals surface area (Å²) in [5.41, 5.74) is 0.515. The first-order valence-electron chi connectivity index (χ1n) is 3.88.